The Hall–Kier alpha value is -8.92. The molecule has 0 fully saturated rings. The molecule has 0 atom stereocenters. The van der Waals surface area contributed by atoms with Gasteiger partial charge in [0.25, 0.3) is 0 Å². The van der Waals surface area contributed by atoms with Crippen LogP contribution in [0.15, 0.2) is 209 Å². The molecule has 0 N–H and O–H groups in total. The summed E-state index contributed by atoms with van der Waals surface area (Å²) in [6.45, 7) is 42.6. The average molecular weight is 1230 g/mol. The molecule has 0 amide bonds. The summed E-state index contributed by atoms with van der Waals surface area (Å²) < 4.78 is 0. The molecule has 10 rings (SSSR count). The molecule has 0 aliphatic carbocycles. The fourth-order valence-electron chi connectivity index (χ4n) is 6.62. The lowest BCUT2D eigenvalue weighted by molar-refractivity contribution is 0.774. The summed E-state index contributed by atoms with van der Waals surface area (Å²) in [6.07, 6.45) is 37.0. The van der Waals surface area contributed by atoms with Crippen LogP contribution in [0.5, 0.6) is 0 Å². The standard InChI is InChI=1S/4C8H11N.6C7H10N2.CH4/c1-7(2)8-3-5-9-6-4-8;1-7(2)8-4-3-5-9-6-8;2*1-7(2)8-5-3-4-6-9-8;1-6(2)7-3-8-5-9-4-7;2*1-6(2)7-5-8-3-4-9-7;1-6(2)7-3-4-8-5-9-7;1-6(2)7-3-4-8-9-5-7;1-6(2)7-8-4-3-5-9-7;/h4*3-7H,1-2H3;6*3-6H,1-2H3;1H4. The highest BCUT2D eigenvalue weighted by atomic mass is 15.1. The first-order valence-electron chi connectivity index (χ1n) is 31.2. The van der Waals surface area contributed by atoms with Gasteiger partial charge in [0.1, 0.15) is 18.5 Å². The summed E-state index contributed by atoms with van der Waals surface area (Å²) in [5.41, 5.74) is 10.6. The molecule has 91 heavy (non-hydrogen) atoms. The molecule has 0 aromatic carbocycles. The molecule has 10 aromatic heterocycles. The summed E-state index contributed by atoms with van der Waals surface area (Å²) in [6, 6.07) is 25.9. The molecule has 0 aliphatic heterocycles. The Bertz CT molecular complexity index is 2410. The lowest BCUT2D eigenvalue weighted by Crippen LogP contribution is -1.93. The Morgan fingerprint density at radius 3 is 0.879 bits per heavy atom. The fraction of sp³-hybridized carbons (Fsp3) is 0.413. The molecule has 0 saturated heterocycles. The zero-order valence-corrected chi connectivity index (χ0v) is 57.6. The van der Waals surface area contributed by atoms with Crippen molar-refractivity contribution < 1.29 is 0 Å². The highest BCUT2D eigenvalue weighted by Crippen LogP contribution is 2.15. The smallest absolute Gasteiger partial charge is 0.130 e. The van der Waals surface area contributed by atoms with E-state index in [1.165, 1.54) is 22.3 Å². The molecular weight excluding hydrogens is 1120 g/mol. The van der Waals surface area contributed by atoms with Crippen molar-refractivity contribution in [2.75, 3.05) is 0 Å². The Balaban J connectivity index is 0.000000988. The van der Waals surface area contributed by atoms with E-state index in [1.54, 1.807) is 87.0 Å². The largest absolute Gasteiger partial charge is 0.265 e. The first-order valence-corrected chi connectivity index (χ1v) is 31.2. The first kappa shape index (κ1) is 82.1. The monoisotopic (exact) mass is 1230 g/mol. The molecule has 16 heteroatoms. The minimum Gasteiger partial charge on any atom is -0.265 e. The molecule has 0 radical (unpaired) electrons. The Kier molecular flexibility index (Phi) is 45.9. The van der Waals surface area contributed by atoms with E-state index in [2.05, 4.69) is 225 Å². The topological polar surface area (TPSA) is 206 Å². The van der Waals surface area contributed by atoms with Gasteiger partial charge in [-0.2, -0.15) is 10.2 Å². The van der Waals surface area contributed by atoms with Gasteiger partial charge in [-0.3, -0.25) is 39.9 Å². The van der Waals surface area contributed by atoms with E-state index >= 15 is 0 Å². The lowest BCUT2D eigenvalue weighted by atomic mass is 10.1. The number of nitrogens with zero attached hydrogens (tertiary/aromatic N) is 16. The minimum absolute atomic E-state index is 0. The molecule has 0 saturated carbocycles. The van der Waals surface area contributed by atoms with Crippen LogP contribution in [0.1, 0.15) is 262 Å². The lowest BCUT2D eigenvalue weighted by Gasteiger charge is -2.01. The average Bonchev–Trinajstić information content (AvgIpc) is 3.59. The number of pyridine rings is 4. The maximum atomic E-state index is 4.18. The molecular formula is C75H108N16. The Morgan fingerprint density at radius 2 is 0.615 bits per heavy atom. The Morgan fingerprint density at radius 1 is 0.209 bits per heavy atom. The highest BCUT2D eigenvalue weighted by Gasteiger charge is 2.02. The third-order valence-corrected chi connectivity index (χ3v) is 12.5. The number of hydrogen-bond donors (Lipinski definition) is 0. The molecule has 10 aromatic rings. The van der Waals surface area contributed by atoms with E-state index in [0.29, 0.717) is 59.2 Å². The van der Waals surface area contributed by atoms with E-state index in [4.69, 9.17) is 0 Å². The SMILES string of the molecule is C.CC(C)c1ccccn1.CC(C)c1ccccn1.CC(C)c1cccnc1.CC(C)c1ccncc1.CC(C)c1ccncn1.CC(C)c1ccnnc1.CC(C)c1cnccn1.CC(C)c1cnccn1.CC(C)c1cncnc1.CC(C)c1ncccn1. The van der Waals surface area contributed by atoms with E-state index in [-0.39, 0.29) is 7.43 Å². The van der Waals surface area contributed by atoms with Gasteiger partial charge >= 0.3 is 0 Å². The van der Waals surface area contributed by atoms with Crippen LogP contribution in [0.4, 0.5) is 0 Å². The number of rotatable bonds is 10. The summed E-state index contributed by atoms with van der Waals surface area (Å²) in [5.74, 6) is 6.23. The summed E-state index contributed by atoms with van der Waals surface area (Å²) in [5, 5.41) is 7.43. The molecule has 0 spiro atoms. The van der Waals surface area contributed by atoms with E-state index < -0.39 is 0 Å². The highest BCUT2D eigenvalue weighted by molar-refractivity contribution is 5.15. The quantitative estimate of drug-likeness (QED) is 0.125. The van der Waals surface area contributed by atoms with Crippen molar-refractivity contribution in [1.29, 1.82) is 0 Å². The van der Waals surface area contributed by atoms with Crippen LogP contribution in [0, 0.1) is 0 Å². The van der Waals surface area contributed by atoms with Gasteiger partial charge in [0.05, 0.1) is 17.6 Å². The van der Waals surface area contributed by atoms with Crippen LogP contribution < -0.4 is 0 Å². The second-order valence-electron chi connectivity index (χ2n) is 23.5. The van der Waals surface area contributed by atoms with Crippen LogP contribution in [0.2, 0.25) is 0 Å². The zero-order chi connectivity index (χ0) is 66.9. The predicted octanol–water partition coefficient (Wildman–Crippen LogP) is 19.1. The van der Waals surface area contributed by atoms with Crippen LogP contribution in [-0.4, -0.2) is 80.0 Å². The minimum atomic E-state index is 0. The van der Waals surface area contributed by atoms with Gasteiger partial charge in [0.15, 0.2) is 0 Å². The third kappa shape index (κ3) is 41.1. The van der Waals surface area contributed by atoms with E-state index in [9.17, 15) is 0 Å². The first-order chi connectivity index (χ1) is 43.0. The van der Waals surface area contributed by atoms with Gasteiger partial charge in [-0.25, -0.2) is 29.9 Å². The molecule has 0 unspecified atom stereocenters. The molecule has 16 nitrogen and oxygen atoms in total. The van der Waals surface area contributed by atoms with Gasteiger partial charge in [-0.1, -0.05) is 164 Å². The van der Waals surface area contributed by atoms with Crippen molar-refractivity contribution in [2.45, 2.75) is 205 Å². The van der Waals surface area contributed by atoms with Crippen molar-refractivity contribution in [3.05, 3.63) is 266 Å². The van der Waals surface area contributed by atoms with E-state index in [0.717, 1.165) is 34.3 Å². The molecule has 0 aliphatic rings. The van der Waals surface area contributed by atoms with Gasteiger partial charge in [0, 0.05) is 135 Å². The maximum Gasteiger partial charge on any atom is 0.130 e. The normalized spacial score (nSPS) is 10.0. The second kappa shape index (κ2) is 50.9. The van der Waals surface area contributed by atoms with Crippen molar-refractivity contribution in [2.24, 2.45) is 0 Å². The van der Waals surface area contributed by atoms with Crippen LogP contribution in [0.25, 0.3) is 0 Å². The van der Waals surface area contributed by atoms with Crippen LogP contribution in [0.3, 0.4) is 0 Å². The summed E-state index contributed by atoms with van der Waals surface area (Å²) in [7, 11) is 0. The van der Waals surface area contributed by atoms with Gasteiger partial charge in [-0.05, 0) is 136 Å². The second-order valence-corrected chi connectivity index (χ2v) is 23.5. The fourth-order valence-corrected chi connectivity index (χ4v) is 6.62. The molecule has 10 heterocycles. The van der Waals surface area contributed by atoms with Crippen molar-refractivity contribution in [1.82, 2.24) is 80.0 Å². The van der Waals surface area contributed by atoms with Crippen molar-refractivity contribution >= 4 is 0 Å². The van der Waals surface area contributed by atoms with Gasteiger partial charge < -0.3 is 0 Å². The predicted molar refractivity (Wildman–Crippen MR) is 377 cm³/mol. The van der Waals surface area contributed by atoms with Crippen LogP contribution in [-0.2, 0) is 0 Å². The Labute approximate surface area is 548 Å². The zero-order valence-electron chi connectivity index (χ0n) is 57.6. The molecule has 488 valence electrons. The maximum absolute atomic E-state index is 4.18. The van der Waals surface area contributed by atoms with E-state index in [1.807, 2.05) is 116 Å². The van der Waals surface area contributed by atoms with Gasteiger partial charge in [-0.15, -0.1) is 0 Å². The summed E-state index contributed by atoms with van der Waals surface area (Å²) >= 11 is 0. The van der Waals surface area contributed by atoms with Crippen molar-refractivity contribution in [3.63, 3.8) is 0 Å². The van der Waals surface area contributed by atoms with Crippen molar-refractivity contribution in [3.8, 4) is 0 Å². The summed E-state index contributed by atoms with van der Waals surface area (Å²) in [4.78, 5) is 56.2. The number of hydrogen-bond acceptors (Lipinski definition) is 16. The van der Waals surface area contributed by atoms with Gasteiger partial charge in [0.2, 0.25) is 0 Å². The van der Waals surface area contributed by atoms with Crippen LogP contribution >= 0.6 is 0 Å². The third-order valence-electron chi connectivity index (χ3n) is 12.5. The molecule has 0 bridgehead atoms. The number of aromatic nitrogens is 16.